The largest absolute Gasteiger partial charge is 0.466 e. The SMILES string of the molecule is CCOC(=O)[C@H]1CC[C@@H](n2cccn2)CC1. The van der Waals surface area contributed by atoms with E-state index in [0.29, 0.717) is 12.6 Å². The second-order valence-electron chi connectivity index (χ2n) is 4.24. The summed E-state index contributed by atoms with van der Waals surface area (Å²) in [4.78, 5) is 11.5. The minimum Gasteiger partial charge on any atom is -0.466 e. The van der Waals surface area contributed by atoms with E-state index in [-0.39, 0.29) is 11.9 Å². The van der Waals surface area contributed by atoms with Crippen LogP contribution in [0.4, 0.5) is 0 Å². The number of ether oxygens (including phenoxy) is 1. The zero-order valence-electron chi connectivity index (χ0n) is 9.63. The zero-order chi connectivity index (χ0) is 11.4. The Kier molecular flexibility index (Phi) is 3.59. The average Bonchev–Trinajstić information content (AvgIpc) is 2.83. The molecule has 0 aromatic carbocycles. The first-order chi connectivity index (χ1) is 7.81. The quantitative estimate of drug-likeness (QED) is 0.736. The lowest BCUT2D eigenvalue weighted by molar-refractivity contribution is -0.149. The van der Waals surface area contributed by atoms with Crippen LogP contribution in [0.3, 0.4) is 0 Å². The molecule has 1 heterocycles. The lowest BCUT2D eigenvalue weighted by Gasteiger charge is -2.27. The van der Waals surface area contributed by atoms with Crippen LogP contribution in [0.25, 0.3) is 0 Å². The maximum atomic E-state index is 11.5. The van der Waals surface area contributed by atoms with Crippen LogP contribution in [-0.4, -0.2) is 22.4 Å². The van der Waals surface area contributed by atoms with Crippen molar-refractivity contribution >= 4 is 5.97 Å². The monoisotopic (exact) mass is 222 g/mol. The minimum atomic E-state index is -0.0265. The maximum absolute atomic E-state index is 11.5. The van der Waals surface area contributed by atoms with Crippen molar-refractivity contribution < 1.29 is 9.53 Å². The summed E-state index contributed by atoms with van der Waals surface area (Å²) < 4.78 is 7.05. The molecule has 16 heavy (non-hydrogen) atoms. The first-order valence-electron chi connectivity index (χ1n) is 5.97. The molecule has 0 saturated heterocycles. The number of nitrogens with zero attached hydrogens (tertiary/aromatic N) is 2. The summed E-state index contributed by atoms with van der Waals surface area (Å²) >= 11 is 0. The highest BCUT2D eigenvalue weighted by atomic mass is 16.5. The van der Waals surface area contributed by atoms with Gasteiger partial charge in [-0.3, -0.25) is 9.48 Å². The molecule has 1 fully saturated rings. The molecule has 0 spiro atoms. The molecule has 0 radical (unpaired) electrons. The van der Waals surface area contributed by atoms with E-state index in [1.807, 2.05) is 23.9 Å². The fourth-order valence-electron chi connectivity index (χ4n) is 2.33. The Hall–Kier alpha value is -1.32. The van der Waals surface area contributed by atoms with Crippen molar-refractivity contribution in [1.82, 2.24) is 9.78 Å². The number of rotatable bonds is 3. The van der Waals surface area contributed by atoms with Crippen molar-refractivity contribution in [2.45, 2.75) is 38.6 Å². The molecule has 4 heteroatoms. The molecule has 1 aromatic rings. The van der Waals surface area contributed by atoms with Gasteiger partial charge in [0.2, 0.25) is 0 Å². The van der Waals surface area contributed by atoms with Crippen LogP contribution in [-0.2, 0) is 9.53 Å². The standard InChI is InChI=1S/C12H18N2O2/c1-2-16-12(15)10-4-6-11(7-5-10)14-9-3-8-13-14/h3,8-11H,2,4-7H2,1H3/t10-,11+. The molecule has 88 valence electrons. The topological polar surface area (TPSA) is 44.1 Å². The van der Waals surface area contributed by atoms with Gasteiger partial charge in [0.15, 0.2) is 0 Å². The summed E-state index contributed by atoms with van der Waals surface area (Å²) in [7, 11) is 0. The smallest absolute Gasteiger partial charge is 0.308 e. The van der Waals surface area contributed by atoms with Gasteiger partial charge in [-0.1, -0.05) is 0 Å². The number of carbonyl (C=O) groups excluding carboxylic acids is 1. The number of carbonyl (C=O) groups is 1. The number of hydrogen-bond acceptors (Lipinski definition) is 3. The zero-order valence-corrected chi connectivity index (χ0v) is 9.63. The molecule has 1 saturated carbocycles. The van der Waals surface area contributed by atoms with Gasteiger partial charge in [-0.25, -0.2) is 0 Å². The van der Waals surface area contributed by atoms with Crippen molar-refractivity contribution in [1.29, 1.82) is 0 Å². The summed E-state index contributed by atoms with van der Waals surface area (Å²) in [6, 6.07) is 2.40. The molecule has 0 atom stereocenters. The van der Waals surface area contributed by atoms with Gasteiger partial charge < -0.3 is 4.74 Å². The van der Waals surface area contributed by atoms with E-state index in [1.165, 1.54) is 0 Å². The third-order valence-electron chi connectivity index (χ3n) is 3.22. The lowest BCUT2D eigenvalue weighted by Crippen LogP contribution is -2.25. The predicted molar refractivity (Wildman–Crippen MR) is 59.9 cm³/mol. The van der Waals surface area contributed by atoms with Crippen LogP contribution in [0, 0.1) is 5.92 Å². The molecule has 0 unspecified atom stereocenters. The van der Waals surface area contributed by atoms with Crippen LogP contribution >= 0.6 is 0 Å². The summed E-state index contributed by atoms with van der Waals surface area (Å²) in [5.74, 6) is 0.0770. The number of aromatic nitrogens is 2. The van der Waals surface area contributed by atoms with Crippen molar-refractivity contribution in [3.05, 3.63) is 18.5 Å². The minimum absolute atomic E-state index is 0.0265. The molecule has 4 nitrogen and oxygen atoms in total. The lowest BCUT2D eigenvalue weighted by atomic mass is 9.86. The van der Waals surface area contributed by atoms with Crippen molar-refractivity contribution in [3.8, 4) is 0 Å². The van der Waals surface area contributed by atoms with Crippen molar-refractivity contribution in [3.63, 3.8) is 0 Å². The second kappa shape index (κ2) is 5.14. The summed E-state index contributed by atoms with van der Waals surface area (Å²) in [6.45, 7) is 2.34. The highest BCUT2D eigenvalue weighted by molar-refractivity contribution is 5.72. The van der Waals surface area contributed by atoms with Crippen molar-refractivity contribution in [2.24, 2.45) is 5.92 Å². The molecule has 1 aliphatic rings. The first-order valence-corrected chi connectivity index (χ1v) is 5.97. The van der Waals surface area contributed by atoms with E-state index in [2.05, 4.69) is 5.10 Å². The van der Waals surface area contributed by atoms with E-state index in [9.17, 15) is 4.79 Å². The Morgan fingerprint density at radius 2 is 2.19 bits per heavy atom. The average molecular weight is 222 g/mol. The molecule has 1 aromatic heterocycles. The van der Waals surface area contributed by atoms with Gasteiger partial charge >= 0.3 is 5.97 Å². The summed E-state index contributed by atoms with van der Waals surface area (Å²) in [6.07, 6.45) is 7.68. The second-order valence-corrected chi connectivity index (χ2v) is 4.24. The molecule has 0 aliphatic heterocycles. The third kappa shape index (κ3) is 2.43. The Morgan fingerprint density at radius 1 is 1.44 bits per heavy atom. The Labute approximate surface area is 95.6 Å². The van der Waals surface area contributed by atoms with Gasteiger partial charge in [0, 0.05) is 12.4 Å². The van der Waals surface area contributed by atoms with Crippen LogP contribution in [0.5, 0.6) is 0 Å². The maximum Gasteiger partial charge on any atom is 0.308 e. The van der Waals surface area contributed by atoms with Gasteiger partial charge in [0.1, 0.15) is 0 Å². The van der Waals surface area contributed by atoms with Gasteiger partial charge in [0.25, 0.3) is 0 Å². The van der Waals surface area contributed by atoms with Gasteiger partial charge in [-0.15, -0.1) is 0 Å². The van der Waals surface area contributed by atoms with E-state index in [4.69, 9.17) is 4.74 Å². The van der Waals surface area contributed by atoms with Gasteiger partial charge in [-0.05, 0) is 38.7 Å². The highest BCUT2D eigenvalue weighted by Gasteiger charge is 2.27. The van der Waals surface area contributed by atoms with E-state index in [0.717, 1.165) is 25.7 Å². The fourth-order valence-corrected chi connectivity index (χ4v) is 2.33. The summed E-state index contributed by atoms with van der Waals surface area (Å²) in [5, 5.41) is 4.25. The summed E-state index contributed by atoms with van der Waals surface area (Å²) in [5.41, 5.74) is 0. The number of esters is 1. The predicted octanol–water partition coefficient (Wildman–Crippen LogP) is 2.18. The molecule has 0 amide bonds. The van der Waals surface area contributed by atoms with E-state index >= 15 is 0 Å². The highest BCUT2D eigenvalue weighted by Crippen LogP contribution is 2.32. The van der Waals surface area contributed by atoms with Gasteiger partial charge in [0.05, 0.1) is 18.6 Å². The van der Waals surface area contributed by atoms with Crippen LogP contribution in [0.1, 0.15) is 38.6 Å². The Bertz CT molecular complexity index is 327. The Morgan fingerprint density at radius 3 is 2.75 bits per heavy atom. The van der Waals surface area contributed by atoms with Crippen LogP contribution in [0.2, 0.25) is 0 Å². The molecule has 2 rings (SSSR count). The number of hydrogen-bond donors (Lipinski definition) is 0. The first kappa shape index (κ1) is 11.2. The molecule has 0 bridgehead atoms. The van der Waals surface area contributed by atoms with Crippen LogP contribution < -0.4 is 0 Å². The third-order valence-corrected chi connectivity index (χ3v) is 3.22. The van der Waals surface area contributed by atoms with Crippen molar-refractivity contribution in [2.75, 3.05) is 6.61 Å². The molecule has 0 N–H and O–H groups in total. The molecular weight excluding hydrogens is 204 g/mol. The fraction of sp³-hybridized carbons (Fsp3) is 0.667. The van der Waals surface area contributed by atoms with E-state index < -0.39 is 0 Å². The molecule has 1 aliphatic carbocycles. The van der Waals surface area contributed by atoms with E-state index in [1.54, 1.807) is 6.20 Å². The normalized spacial score (nSPS) is 25.3. The van der Waals surface area contributed by atoms with Crippen LogP contribution in [0.15, 0.2) is 18.5 Å². The van der Waals surface area contributed by atoms with Gasteiger partial charge in [-0.2, -0.15) is 5.10 Å². The molecular formula is C12H18N2O2. The Balaban J connectivity index is 1.85.